The highest BCUT2D eigenvalue weighted by atomic mass is 16.5. The molecule has 2 aliphatic carbocycles. The second kappa shape index (κ2) is 11.3. The van der Waals surface area contributed by atoms with Crippen molar-refractivity contribution in [1.29, 1.82) is 0 Å². The first-order chi connectivity index (χ1) is 20.3. The summed E-state index contributed by atoms with van der Waals surface area (Å²) in [6.45, 7) is 3.77. The fraction of sp³-hybridized carbons (Fsp3) is 0.417. The van der Waals surface area contributed by atoms with E-state index in [-0.39, 0.29) is 23.1 Å². The van der Waals surface area contributed by atoms with Crippen LogP contribution in [0.15, 0.2) is 84.9 Å². The highest BCUT2D eigenvalue weighted by molar-refractivity contribution is 5.93. The van der Waals surface area contributed by atoms with Crippen LogP contribution < -0.4 is 10.1 Å². The van der Waals surface area contributed by atoms with E-state index in [0.29, 0.717) is 24.1 Å². The Morgan fingerprint density at radius 1 is 1.02 bits per heavy atom. The van der Waals surface area contributed by atoms with Crippen LogP contribution in [0.1, 0.15) is 48.4 Å². The number of piperidine rings is 1. The summed E-state index contributed by atoms with van der Waals surface area (Å²) in [5.41, 5.74) is 3.89. The highest BCUT2D eigenvalue weighted by Gasteiger charge is 2.63. The number of phenolic OH excluding ortho intramolecular Hbond substituents is 1. The fourth-order valence-electron chi connectivity index (χ4n) is 8.03. The molecule has 4 aliphatic rings. The molecule has 220 valence electrons. The van der Waals surface area contributed by atoms with Crippen LogP contribution in [0, 0.1) is 5.92 Å². The van der Waals surface area contributed by atoms with Crippen molar-refractivity contribution in [2.45, 2.75) is 61.7 Å². The Balaban J connectivity index is 0.000000150. The van der Waals surface area contributed by atoms with E-state index in [1.54, 1.807) is 6.07 Å². The van der Waals surface area contributed by atoms with Gasteiger partial charge in [0, 0.05) is 29.4 Å². The van der Waals surface area contributed by atoms with Crippen LogP contribution in [0.25, 0.3) is 0 Å². The molecule has 7 rings (SSSR count). The molecule has 1 spiro atoms. The molecule has 42 heavy (non-hydrogen) atoms. The Hall–Kier alpha value is -3.45. The van der Waals surface area contributed by atoms with E-state index in [1.165, 1.54) is 5.56 Å². The van der Waals surface area contributed by atoms with Crippen LogP contribution in [0.4, 0.5) is 0 Å². The number of ketones is 1. The molecule has 1 saturated heterocycles. The van der Waals surface area contributed by atoms with Gasteiger partial charge in [-0.2, -0.15) is 0 Å². The molecule has 0 radical (unpaired) electrons. The van der Waals surface area contributed by atoms with Crippen molar-refractivity contribution in [3.63, 3.8) is 0 Å². The minimum absolute atomic E-state index is 0.161. The Morgan fingerprint density at radius 2 is 1.69 bits per heavy atom. The smallest absolute Gasteiger partial charge is 0.165 e. The average molecular weight is 567 g/mol. The number of Topliss-reactive ketones (excluding diaryl/α,β-unsaturated/α-hetero) is 1. The second-order valence-corrected chi connectivity index (χ2v) is 12.4. The Bertz CT molecular complexity index is 1410. The third-order valence-electron chi connectivity index (χ3n) is 9.94. The average Bonchev–Trinajstić information content (AvgIpc) is 3.36. The Morgan fingerprint density at radius 3 is 2.31 bits per heavy atom. The summed E-state index contributed by atoms with van der Waals surface area (Å²) >= 11 is 0. The number of rotatable bonds is 7. The molecule has 0 amide bonds. The first kappa shape index (κ1) is 28.7. The summed E-state index contributed by atoms with van der Waals surface area (Å²) in [5.74, 6) is 1.45. The van der Waals surface area contributed by atoms with Gasteiger partial charge >= 0.3 is 0 Å². The fourth-order valence-corrected chi connectivity index (χ4v) is 8.03. The van der Waals surface area contributed by atoms with Crippen LogP contribution in [-0.2, 0) is 22.0 Å². The van der Waals surface area contributed by atoms with Crippen LogP contribution in [-0.4, -0.2) is 66.3 Å². The summed E-state index contributed by atoms with van der Waals surface area (Å²) in [7, 11) is 4.11. The number of benzene rings is 3. The van der Waals surface area contributed by atoms with E-state index >= 15 is 0 Å². The molecule has 3 aromatic carbocycles. The monoisotopic (exact) mass is 566 g/mol. The van der Waals surface area contributed by atoms with Gasteiger partial charge in [0.2, 0.25) is 0 Å². The van der Waals surface area contributed by atoms with Crippen molar-refractivity contribution < 1.29 is 19.7 Å². The third kappa shape index (κ3) is 4.48. The zero-order valence-corrected chi connectivity index (χ0v) is 24.8. The SMILES string of the molecule is CCC(=O)C(CCN(C)C)(c1ccccc1)c1ccccc1.Oc1ccc2c3c1O[C@H]1[C@@H](O)C=C[C@H]4[C@@H](C2)NCC[C@@]341. The van der Waals surface area contributed by atoms with Crippen molar-refractivity contribution in [3.05, 3.63) is 107 Å². The van der Waals surface area contributed by atoms with E-state index in [1.807, 2.05) is 55.5 Å². The van der Waals surface area contributed by atoms with Crippen molar-refractivity contribution in [3.8, 4) is 11.5 Å². The third-order valence-corrected chi connectivity index (χ3v) is 9.94. The molecular weight excluding hydrogens is 524 g/mol. The van der Waals surface area contributed by atoms with Crippen molar-refractivity contribution in [1.82, 2.24) is 10.2 Å². The molecule has 0 saturated carbocycles. The molecule has 2 heterocycles. The van der Waals surface area contributed by atoms with Gasteiger partial charge in [-0.05, 0) is 69.2 Å². The van der Waals surface area contributed by atoms with E-state index in [9.17, 15) is 15.0 Å². The van der Waals surface area contributed by atoms with Gasteiger partial charge in [0.05, 0.1) is 5.41 Å². The number of ether oxygens (including phenoxy) is 1. The lowest BCUT2D eigenvalue weighted by molar-refractivity contribution is -0.123. The molecule has 1 fully saturated rings. The lowest BCUT2D eigenvalue weighted by Gasteiger charge is -2.53. The maximum atomic E-state index is 13.0. The number of phenols is 1. The maximum Gasteiger partial charge on any atom is 0.165 e. The molecule has 0 aromatic heterocycles. The summed E-state index contributed by atoms with van der Waals surface area (Å²) < 4.78 is 6.04. The molecule has 0 unspecified atom stereocenters. The van der Waals surface area contributed by atoms with Gasteiger partial charge in [-0.1, -0.05) is 85.8 Å². The maximum absolute atomic E-state index is 13.0. The lowest BCUT2D eigenvalue weighted by atomic mass is 9.54. The summed E-state index contributed by atoms with van der Waals surface area (Å²) in [6, 6.07) is 24.5. The Labute approximate surface area is 249 Å². The van der Waals surface area contributed by atoms with Gasteiger partial charge in [0.1, 0.15) is 18.0 Å². The molecule has 3 N–H and O–H groups in total. The molecule has 6 heteroatoms. The molecular formula is C36H42N2O4. The number of nitrogens with zero attached hydrogens (tertiary/aromatic N) is 1. The topological polar surface area (TPSA) is 82.0 Å². The predicted molar refractivity (Wildman–Crippen MR) is 165 cm³/mol. The minimum atomic E-state index is -0.595. The first-order valence-electron chi connectivity index (χ1n) is 15.2. The van der Waals surface area contributed by atoms with Crippen LogP contribution in [0.5, 0.6) is 11.5 Å². The van der Waals surface area contributed by atoms with Gasteiger partial charge in [0.15, 0.2) is 11.5 Å². The zero-order valence-electron chi connectivity index (χ0n) is 24.8. The Kier molecular flexibility index (Phi) is 7.73. The van der Waals surface area contributed by atoms with E-state index in [0.717, 1.165) is 49.0 Å². The molecule has 6 nitrogen and oxygen atoms in total. The van der Waals surface area contributed by atoms with E-state index < -0.39 is 11.5 Å². The van der Waals surface area contributed by atoms with Crippen molar-refractivity contribution in [2.75, 3.05) is 27.2 Å². The number of aliphatic hydroxyl groups is 1. The predicted octanol–water partition coefficient (Wildman–Crippen LogP) is 4.76. The largest absolute Gasteiger partial charge is 0.504 e. The number of carbonyl (C=O) groups is 1. The minimum Gasteiger partial charge on any atom is -0.504 e. The summed E-state index contributed by atoms with van der Waals surface area (Å²) in [5, 5.41) is 24.1. The van der Waals surface area contributed by atoms with Crippen LogP contribution in [0.2, 0.25) is 0 Å². The van der Waals surface area contributed by atoms with Gasteiger partial charge < -0.3 is 25.2 Å². The number of hydrogen-bond donors (Lipinski definition) is 3. The number of nitrogens with one attached hydrogen (secondary N) is 1. The highest BCUT2D eigenvalue weighted by Crippen LogP contribution is 2.61. The lowest BCUT2D eigenvalue weighted by Crippen LogP contribution is -2.64. The first-order valence-corrected chi connectivity index (χ1v) is 15.2. The van der Waals surface area contributed by atoms with Gasteiger partial charge in [-0.15, -0.1) is 0 Å². The molecule has 5 atom stereocenters. The number of hydrogen-bond acceptors (Lipinski definition) is 6. The summed E-state index contributed by atoms with van der Waals surface area (Å²) in [4.78, 5) is 15.2. The van der Waals surface area contributed by atoms with Crippen molar-refractivity contribution in [2.24, 2.45) is 5.92 Å². The van der Waals surface area contributed by atoms with Crippen molar-refractivity contribution >= 4 is 5.78 Å². The molecule has 2 bridgehead atoms. The van der Waals surface area contributed by atoms with E-state index in [2.05, 4.69) is 54.7 Å². The normalized spacial score (nSPS) is 26.6. The standard InChI is InChI=1S/C20H25NO.C16H17NO3/c1-4-19(22)20(15-16-21(2)3,17-11-7-5-8-12-17)18-13-9-6-10-14-18;18-11-3-1-8-7-10-9-2-4-12(19)15-16(9,5-6-17-10)13(8)14(11)20-15/h5-14H,4,15-16H2,1-3H3;1-4,9-10,12,15,17-19H,5-7H2/t;9-,10+,12-,15-,16-/m.0/s1. The second-order valence-electron chi connectivity index (χ2n) is 12.4. The van der Waals surface area contributed by atoms with Gasteiger partial charge in [-0.3, -0.25) is 4.79 Å². The molecule has 3 aromatic rings. The zero-order chi connectivity index (χ0) is 29.5. The number of carbonyl (C=O) groups excluding carboxylic acids is 1. The van der Waals surface area contributed by atoms with Crippen LogP contribution >= 0.6 is 0 Å². The quantitative estimate of drug-likeness (QED) is 0.358. The summed E-state index contributed by atoms with van der Waals surface area (Å²) in [6.07, 6.45) is 6.41. The number of aromatic hydroxyl groups is 1. The van der Waals surface area contributed by atoms with Gasteiger partial charge in [-0.25, -0.2) is 0 Å². The van der Waals surface area contributed by atoms with E-state index in [4.69, 9.17) is 4.74 Å². The van der Waals surface area contributed by atoms with Gasteiger partial charge in [0.25, 0.3) is 0 Å². The molecule has 2 aliphatic heterocycles. The van der Waals surface area contributed by atoms with Crippen LogP contribution in [0.3, 0.4) is 0 Å². The number of aliphatic hydroxyl groups excluding tert-OH is 1.